The van der Waals surface area contributed by atoms with Gasteiger partial charge in [-0.25, -0.2) is 38.7 Å². The highest BCUT2D eigenvalue weighted by Gasteiger charge is 2.48. The topological polar surface area (TPSA) is 550 Å². The summed E-state index contributed by atoms with van der Waals surface area (Å²) in [5.74, 6) is -17.3. The van der Waals surface area contributed by atoms with Crippen LogP contribution >= 0.6 is 22.6 Å². The zero-order chi connectivity index (χ0) is 112. The lowest BCUT2D eigenvalue weighted by Crippen LogP contribution is -2.48. The van der Waals surface area contributed by atoms with E-state index in [0.717, 1.165) is 16.7 Å². The normalized spacial score (nSPS) is 22.0. The molecule has 4 aliphatic rings. The molecule has 814 valence electrons. The lowest BCUT2D eigenvalue weighted by Gasteiger charge is -2.29. The monoisotopic (exact) mass is 2190 g/mol. The van der Waals surface area contributed by atoms with Gasteiger partial charge >= 0.3 is 89.8 Å². The number of ether oxygens (including phenoxy) is 18. The summed E-state index contributed by atoms with van der Waals surface area (Å²) >= 11 is 1.98. The number of nitrogens with zero attached hydrogens (tertiary/aromatic N) is 2. The van der Waals surface area contributed by atoms with Crippen LogP contribution in [0.15, 0.2) is 155 Å². The van der Waals surface area contributed by atoms with Crippen molar-refractivity contribution in [2.45, 2.75) is 242 Å². The van der Waals surface area contributed by atoms with Gasteiger partial charge in [-0.05, 0) is 105 Å². The highest BCUT2D eigenvalue weighted by atomic mass is 127. The van der Waals surface area contributed by atoms with Gasteiger partial charge in [0.15, 0.2) is 83.0 Å². The molecule has 0 aliphatic carbocycles. The quantitative estimate of drug-likeness (QED) is 0.00814. The Morgan fingerprint density at radius 1 is 0.385 bits per heavy atom. The van der Waals surface area contributed by atoms with Gasteiger partial charge in [0.05, 0.1) is 43.8 Å². The highest BCUT2D eigenvalue weighted by Crippen LogP contribution is 2.34. The average molecular weight is 2190 g/mol. The van der Waals surface area contributed by atoms with Gasteiger partial charge < -0.3 is 112 Å². The van der Waals surface area contributed by atoms with Crippen molar-refractivity contribution < 1.29 is 172 Å². The van der Waals surface area contributed by atoms with Crippen molar-refractivity contribution in [2.24, 2.45) is 53.3 Å². The van der Waals surface area contributed by atoms with Crippen LogP contribution in [-0.2, 0) is 153 Å². The second-order valence-electron chi connectivity index (χ2n) is 36.7. The maximum absolute atomic E-state index is 13.4. The molecule has 9 rings (SSSR count). The molecule has 2 aromatic heterocycles. The Morgan fingerprint density at radius 2 is 0.649 bits per heavy atom. The second-order valence-corrected chi connectivity index (χ2v) is 37.6. The zero-order valence-corrected chi connectivity index (χ0v) is 89.9. The molecule has 148 heavy (non-hydrogen) atoms. The van der Waals surface area contributed by atoms with Crippen LogP contribution in [0.25, 0.3) is 0 Å². The van der Waals surface area contributed by atoms with Crippen molar-refractivity contribution in [1.29, 1.82) is 0 Å². The van der Waals surface area contributed by atoms with Crippen LogP contribution in [0, 0.1) is 53.3 Å². The van der Waals surface area contributed by atoms with Gasteiger partial charge in [-0.15, -0.1) is 39.5 Å². The molecule has 0 spiro atoms. The Morgan fingerprint density at radius 3 is 0.926 bits per heavy atom. The number of aromatic hydroxyl groups is 1. The van der Waals surface area contributed by atoms with Gasteiger partial charge in [0.2, 0.25) is 6.79 Å². The average Bonchev–Trinajstić information content (AvgIpc) is 1.51. The summed E-state index contributed by atoms with van der Waals surface area (Å²) in [6.07, 6.45) is -7.01. The highest BCUT2D eigenvalue weighted by molar-refractivity contribution is 14.1. The number of carbonyl (C=O) groups excluding carboxylic acids is 17. The van der Waals surface area contributed by atoms with Gasteiger partial charge in [-0.1, -0.05) is 183 Å². The molecule has 42 nitrogen and oxygen atoms in total. The summed E-state index contributed by atoms with van der Waals surface area (Å²) in [6.45, 7) is 48.1. The van der Waals surface area contributed by atoms with Crippen molar-refractivity contribution in [3.8, 4) is 23.0 Å². The minimum Gasteiger partial charge on any atom is -0.503 e. The van der Waals surface area contributed by atoms with E-state index in [1.165, 1.54) is 66.4 Å². The van der Waals surface area contributed by atoms with Gasteiger partial charge in [-0.2, -0.15) is 0 Å². The van der Waals surface area contributed by atoms with E-state index >= 15 is 0 Å². The van der Waals surface area contributed by atoms with Crippen molar-refractivity contribution in [2.75, 3.05) is 51.9 Å². The molecule has 4 saturated heterocycles. The first kappa shape index (κ1) is 128. The Bertz CT molecular complexity index is 5200. The summed E-state index contributed by atoms with van der Waals surface area (Å²) in [4.78, 5) is 223. The van der Waals surface area contributed by atoms with Crippen LogP contribution in [0.4, 0.5) is 9.59 Å². The van der Waals surface area contributed by atoms with Crippen LogP contribution in [0.5, 0.6) is 23.0 Å². The zero-order valence-electron chi connectivity index (χ0n) is 87.7. The number of rotatable bonds is 27. The molecule has 5 aromatic rings. The number of methoxy groups -OCH3 is 2. The number of carbonyl (C=O) groups is 17. The first-order valence-corrected chi connectivity index (χ1v) is 48.9. The van der Waals surface area contributed by atoms with Crippen molar-refractivity contribution in [3.63, 3.8) is 0 Å². The standard InChI is InChI=1S/C31H38N2O11.C26H30N2O9.C24H33NO8.C18H28INO8.3C2H4/c1-17(2)28(35)42-16-41-26-23(39-6)12-13-32-24(26)27(34)33-22-15-40-30(37)21(14-20-10-8-7-9-11-20)25(19(5)43-31(22)38)44-29(36)18(3)4;1-14(2)24(31)37-22-15(3)36-26(33)18(28-23(30)20-21(29)19(34-4)10-11-27-20)13-35-25(32)17(22)12-16-8-6-5-7-9-16;1-14(2)20(26)32-19-15(3)31-22(28)18(25-23(29)33-24(4,5)6)13-30-21(27)17(19)12-16-10-8-7-9-11-16;1-9(2)14(21)27-13-10(3)26-16(23)12(8-25-15(22)11(13)7-19)20-17(24)28-18(4,5)6;3*1-2/h7-13,17-19,21-22,25H,14-16H2,1-6H3,(H,33,34);5-11,14-15,17-18,22,29H,12-13H2,1-4H3,(H,28,30);7-11,14-15,17-19H,12-13H2,1-6H3,(H,25,29);9-13H,7-8H2,1-6H3,(H,20,24);3*1-2H2/t19-,21+,22-,25-;15-,17+,18-,22-;15-,17+,18-,19-;10-,11+,12-,13-;;;/m0000.../s1. The molecular formula is C105H141IN6O36. The van der Waals surface area contributed by atoms with Crippen LogP contribution in [0.1, 0.15) is 176 Å². The van der Waals surface area contributed by atoms with E-state index in [-0.39, 0.29) is 42.2 Å². The van der Waals surface area contributed by atoms with Gasteiger partial charge in [0.1, 0.15) is 85.7 Å². The van der Waals surface area contributed by atoms with E-state index in [9.17, 15) is 86.6 Å². The summed E-state index contributed by atoms with van der Waals surface area (Å²) in [6, 6.07) is 24.7. The van der Waals surface area contributed by atoms with E-state index in [2.05, 4.69) is 70.7 Å². The molecule has 5 N–H and O–H groups in total. The molecular weight excluding hydrogens is 2050 g/mol. The molecule has 0 saturated carbocycles. The summed E-state index contributed by atoms with van der Waals surface area (Å²) in [7, 11) is 2.65. The fraction of sp³-hybridized carbons (Fsp3) is 0.514. The summed E-state index contributed by atoms with van der Waals surface area (Å²) in [5.41, 5.74) is 0.161. The lowest BCUT2D eigenvalue weighted by molar-refractivity contribution is -0.176. The Balaban J connectivity index is 0.000000504. The van der Waals surface area contributed by atoms with E-state index < -0.39 is 284 Å². The number of alkyl carbamates (subject to hydrolysis) is 2. The number of alkyl halides is 1. The van der Waals surface area contributed by atoms with Crippen LogP contribution in [-0.4, -0.2) is 253 Å². The molecule has 4 aliphatic heterocycles. The molecule has 43 heteroatoms. The maximum atomic E-state index is 13.4. The smallest absolute Gasteiger partial charge is 0.408 e. The number of hydrogen-bond acceptors (Lipinski definition) is 38. The Hall–Kier alpha value is -14.3. The predicted molar refractivity (Wildman–Crippen MR) is 540 cm³/mol. The number of benzene rings is 3. The van der Waals surface area contributed by atoms with Crippen LogP contribution in [0.3, 0.4) is 0 Å². The first-order chi connectivity index (χ1) is 69.8. The van der Waals surface area contributed by atoms with Crippen molar-refractivity contribution in [1.82, 2.24) is 31.2 Å². The van der Waals surface area contributed by atoms with E-state index in [1.54, 1.807) is 123 Å². The number of hydrogen-bond donors (Lipinski definition) is 5. The Labute approximate surface area is 875 Å². The molecule has 0 bridgehead atoms. The van der Waals surface area contributed by atoms with E-state index in [1.807, 2.05) is 101 Å². The number of esters is 13. The number of aromatic nitrogens is 2. The summed E-state index contributed by atoms with van der Waals surface area (Å²) < 4.78 is 97.2. The molecule has 3 aromatic carbocycles. The Kier molecular flexibility index (Phi) is 54.7. The molecule has 4 amide bonds. The summed E-state index contributed by atoms with van der Waals surface area (Å²) in [5, 5.41) is 19.8. The van der Waals surface area contributed by atoms with Crippen molar-refractivity contribution >= 4 is 124 Å². The van der Waals surface area contributed by atoms with E-state index in [4.69, 9.17) is 85.3 Å². The molecule has 16 atom stereocenters. The minimum absolute atomic E-state index is 0.0100. The molecule has 4 fully saturated rings. The predicted octanol–water partition coefficient (Wildman–Crippen LogP) is 11.6. The number of amides is 4. The van der Waals surface area contributed by atoms with Crippen LogP contribution < -0.4 is 35.5 Å². The second kappa shape index (κ2) is 63.3. The third kappa shape index (κ3) is 41.9. The number of nitrogens with one attached hydrogen (secondary N) is 4. The van der Waals surface area contributed by atoms with E-state index in [0.29, 0.717) is 4.43 Å². The SMILES string of the molecule is C=C.C=C.C=C.CC(C)C(=O)O[C@H]1[C@H](C)OC(=O)[C@@H](NC(=O)OC(C)(C)C)COC(=O)[C@@H]1CI.CC(C)C(=O)O[C@H]1[C@H](C)OC(=O)[C@@H](NC(=O)OC(C)(C)C)COC(=O)[C@@H]1Cc1ccccc1.COc1ccnc(C(=O)N[C@H]2COC(=O)[C@H](Cc3ccccc3)[C@@H](OC(=O)C(C)C)[C@H](C)OC2=O)c1O.COc1ccnc(C(=O)N[C@H]2COC(=O)[C@H](Cc3ccccc3)[C@@H](OC(=O)C(C)C)[C@H](C)OC2=O)c1OCOC(=O)C(C)C. The van der Waals surface area contributed by atoms with Gasteiger partial charge in [0, 0.05) is 29.0 Å². The first-order valence-electron chi connectivity index (χ1n) is 47.4. The maximum Gasteiger partial charge on any atom is 0.408 e. The number of pyridine rings is 2. The molecule has 0 unspecified atom stereocenters. The third-order valence-electron chi connectivity index (χ3n) is 21.0. The van der Waals surface area contributed by atoms with Crippen LogP contribution in [0.2, 0.25) is 0 Å². The largest absolute Gasteiger partial charge is 0.503 e. The molecule has 0 radical (unpaired) electrons. The third-order valence-corrected chi connectivity index (χ3v) is 22.0. The van der Waals surface area contributed by atoms with Crippen molar-refractivity contribution in [3.05, 3.63) is 183 Å². The minimum atomic E-state index is -1.45. The molecule has 6 heterocycles. The fourth-order valence-corrected chi connectivity index (χ4v) is 14.3. The number of cyclic esters (lactones) is 8. The fourth-order valence-electron chi connectivity index (χ4n) is 13.4. The lowest BCUT2D eigenvalue weighted by atomic mass is 9.91. The van der Waals surface area contributed by atoms with Gasteiger partial charge in [-0.3, -0.25) is 52.7 Å². The van der Waals surface area contributed by atoms with Gasteiger partial charge in [0.25, 0.3) is 11.8 Å². The number of halogens is 1.